The molecule has 4 aromatic rings. The number of halogens is 3. The first kappa shape index (κ1) is 16.1. The van der Waals surface area contributed by atoms with Crippen LogP contribution in [0, 0.1) is 0 Å². The minimum Gasteiger partial charge on any atom is -0.453 e. The van der Waals surface area contributed by atoms with Crippen LogP contribution in [0.15, 0.2) is 67.3 Å². The lowest BCUT2D eigenvalue weighted by molar-refractivity contribution is -0.137. The molecule has 4 nitrogen and oxygen atoms in total. The molecule has 130 valence electrons. The number of aromatic amines is 1. The number of benzene rings is 1. The van der Waals surface area contributed by atoms with Crippen molar-refractivity contribution < 1.29 is 17.9 Å². The molecule has 0 aliphatic carbocycles. The Morgan fingerprint density at radius 3 is 2.54 bits per heavy atom. The SMILES string of the molecule is FC(F)(F)c1ccc2[nH]c(-c3ccncc3Oc3cccnc3)cc2c1. The Kier molecular flexibility index (Phi) is 3.84. The van der Waals surface area contributed by atoms with Crippen LogP contribution in [0.25, 0.3) is 22.2 Å². The summed E-state index contributed by atoms with van der Waals surface area (Å²) < 4.78 is 44.5. The van der Waals surface area contributed by atoms with Gasteiger partial charge in [0.1, 0.15) is 5.75 Å². The summed E-state index contributed by atoms with van der Waals surface area (Å²) in [4.78, 5) is 11.2. The molecular formula is C19H12F3N3O. The number of pyridine rings is 2. The van der Waals surface area contributed by atoms with E-state index in [-0.39, 0.29) is 0 Å². The number of H-pyrrole nitrogens is 1. The van der Waals surface area contributed by atoms with Gasteiger partial charge in [0.25, 0.3) is 0 Å². The third-order valence-electron chi connectivity index (χ3n) is 3.88. The summed E-state index contributed by atoms with van der Waals surface area (Å²) in [6.45, 7) is 0. The third kappa shape index (κ3) is 3.11. The molecule has 0 saturated carbocycles. The first-order valence-corrected chi connectivity index (χ1v) is 7.73. The highest BCUT2D eigenvalue weighted by Crippen LogP contribution is 2.36. The Balaban J connectivity index is 1.76. The fraction of sp³-hybridized carbons (Fsp3) is 0.0526. The predicted octanol–water partition coefficient (Wildman–Crippen LogP) is 5.44. The van der Waals surface area contributed by atoms with Crippen molar-refractivity contribution in [1.82, 2.24) is 15.0 Å². The maximum Gasteiger partial charge on any atom is 0.416 e. The van der Waals surface area contributed by atoms with Gasteiger partial charge in [0.15, 0.2) is 5.75 Å². The molecule has 26 heavy (non-hydrogen) atoms. The third-order valence-corrected chi connectivity index (χ3v) is 3.88. The highest BCUT2D eigenvalue weighted by Gasteiger charge is 2.30. The van der Waals surface area contributed by atoms with Gasteiger partial charge >= 0.3 is 6.18 Å². The molecule has 0 saturated heterocycles. The van der Waals surface area contributed by atoms with Gasteiger partial charge in [-0.25, -0.2) is 0 Å². The van der Waals surface area contributed by atoms with Crippen LogP contribution in [0.1, 0.15) is 5.56 Å². The molecule has 0 unspecified atom stereocenters. The number of hydrogen-bond donors (Lipinski definition) is 1. The van der Waals surface area contributed by atoms with Crippen molar-refractivity contribution in [3.63, 3.8) is 0 Å². The zero-order chi connectivity index (χ0) is 18.1. The van der Waals surface area contributed by atoms with E-state index in [1.807, 2.05) is 0 Å². The Hall–Kier alpha value is -3.35. The predicted molar refractivity (Wildman–Crippen MR) is 90.8 cm³/mol. The second-order valence-corrected chi connectivity index (χ2v) is 5.65. The molecule has 0 radical (unpaired) electrons. The summed E-state index contributed by atoms with van der Waals surface area (Å²) >= 11 is 0. The van der Waals surface area contributed by atoms with E-state index in [9.17, 15) is 13.2 Å². The maximum absolute atomic E-state index is 12.9. The molecular weight excluding hydrogens is 343 g/mol. The van der Waals surface area contributed by atoms with Crippen molar-refractivity contribution in [3.05, 3.63) is 72.8 Å². The number of alkyl halides is 3. The molecule has 4 rings (SSSR count). The number of rotatable bonds is 3. The Morgan fingerprint density at radius 2 is 1.77 bits per heavy atom. The summed E-state index contributed by atoms with van der Waals surface area (Å²) in [5.74, 6) is 1.01. The Labute approximate surface area is 146 Å². The normalized spacial score (nSPS) is 11.7. The second-order valence-electron chi connectivity index (χ2n) is 5.65. The quantitative estimate of drug-likeness (QED) is 0.533. The fourth-order valence-corrected chi connectivity index (χ4v) is 2.67. The van der Waals surface area contributed by atoms with Gasteiger partial charge in [-0.3, -0.25) is 9.97 Å². The lowest BCUT2D eigenvalue weighted by Gasteiger charge is -2.09. The Bertz CT molecular complexity index is 1060. The topological polar surface area (TPSA) is 50.8 Å². The molecule has 0 aliphatic rings. The number of nitrogens with one attached hydrogen (secondary N) is 1. The molecule has 3 heterocycles. The van der Waals surface area contributed by atoms with Crippen molar-refractivity contribution in [2.45, 2.75) is 6.18 Å². The van der Waals surface area contributed by atoms with Crippen molar-refractivity contribution >= 4 is 10.9 Å². The van der Waals surface area contributed by atoms with Crippen LogP contribution in [0.3, 0.4) is 0 Å². The van der Waals surface area contributed by atoms with E-state index in [1.54, 1.807) is 49.1 Å². The molecule has 3 aromatic heterocycles. The van der Waals surface area contributed by atoms with Crippen LogP contribution in [-0.2, 0) is 6.18 Å². The molecule has 0 fully saturated rings. The van der Waals surface area contributed by atoms with E-state index < -0.39 is 11.7 Å². The molecule has 0 bridgehead atoms. The summed E-state index contributed by atoms with van der Waals surface area (Å²) in [6, 6.07) is 10.5. The molecule has 1 N–H and O–H groups in total. The number of ether oxygens (including phenoxy) is 1. The highest BCUT2D eigenvalue weighted by atomic mass is 19.4. The minimum absolute atomic E-state index is 0.471. The van der Waals surface area contributed by atoms with E-state index in [4.69, 9.17) is 4.74 Å². The first-order chi connectivity index (χ1) is 12.5. The van der Waals surface area contributed by atoms with E-state index in [1.165, 1.54) is 6.07 Å². The van der Waals surface area contributed by atoms with Gasteiger partial charge in [-0.1, -0.05) is 0 Å². The van der Waals surface area contributed by atoms with Gasteiger partial charge < -0.3 is 9.72 Å². The monoisotopic (exact) mass is 355 g/mol. The molecule has 0 aliphatic heterocycles. The van der Waals surface area contributed by atoms with Crippen molar-refractivity contribution in [2.24, 2.45) is 0 Å². The van der Waals surface area contributed by atoms with Gasteiger partial charge in [0.2, 0.25) is 0 Å². The zero-order valence-corrected chi connectivity index (χ0v) is 13.3. The van der Waals surface area contributed by atoms with Crippen LogP contribution in [0.2, 0.25) is 0 Å². The standard InChI is InChI=1S/C19H12F3N3O/c20-19(21,22)13-3-4-16-12(8-13)9-17(25-16)15-5-7-24-11-18(15)26-14-2-1-6-23-10-14/h1-11,25H. The molecule has 0 amide bonds. The smallest absolute Gasteiger partial charge is 0.416 e. The molecule has 0 atom stereocenters. The van der Waals surface area contributed by atoms with Crippen LogP contribution < -0.4 is 4.74 Å². The van der Waals surface area contributed by atoms with Gasteiger partial charge in [-0.15, -0.1) is 0 Å². The lowest BCUT2D eigenvalue weighted by atomic mass is 10.1. The highest BCUT2D eigenvalue weighted by molar-refractivity contribution is 5.87. The minimum atomic E-state index is -4.38. The van der Waals surface area contributed by atoms with Crippen LogP contribution in [0.4, 0.5) is 13.2 Å². The molecule has 7 heteroatoms. The molecule has 1 aromatic carbocycles. The first-order valence-electron chi connectivity index (χ1n) is 7.73. The van der Waals surface area contributed by atoms with Crippen molar-refractivity contribution in [1.29, 1.82) is 0 Å². The maximum atomic E-state index is 12.9. The fourth-order valence-electron chi connectivity index (χ4n) is 2.67. The van der Waals surface area contributed by atoms with E-state index >= 15 is 0 Å². The Morgan fingerprint density at radius 1 is 0.923 bits per heavy atom. The second kappa shape index (κ2) is 6.18. The molecule has 0 spiro atoms. The van der Waals surface area contributed by atoms with Crippen LogP contribution in [-0.4, -0.2) is 15.0 Å². The van der Waals surface area contributed by atoms with Gasteiger partial charge in [-0.2, -0.15) is 13.2 Å². The van der Waals surface area contributed by atoms with E-state index in [0.717, 1.165) is 12.1 Å². The van der Waals surface area contributed by atoms with E-state index in [0.29, 0.717) is 33.7 Å². The average Bonchev–Trinajstić information content (AvgIpc) is 3.05. The summed E-state index contributed by atoms with van der Waals surface area (Å²) in [5.41, 5.74) is 1.25. The van der Waals surface area contributed by atoms with Crippen LogP contribution >= 0.6 is 0 Å². The van der Waals surface area contributed by atoms with Gasteiger partial charge in [-0.05, 0) is 42.5 Å². The summed E-state index contributed by atoms with van der Waals surface area (Å²) in [6.07, 6.45) is 1.97. The van der Waals surface area contributed by atoms with Gasteiger partial charge in [0, 0.05) is 28.9 Å². The van der Waals surface area contributed by atoms with Gasteiger partial charge in [0.05, 0.1) is 23.7 Å². The lowest BCUT2D eigenvalue weighted by Crippen LogP contribution is -2.03. The zero-order valence-electron chi connectivity index (χ0n) is 13.3. The number of aromatic nitrogens is 3. The summed E-state index contributed by atoms with van der Waals surface area (Å²) in [7, 11) is 0. The largest absolute Gasteiger partial charge is 0.453 e. The van der Waals surface area contributed by atoms with E-state index in [2.05, 4.69) is 15.0 Å². The number of nitrogens with zero attached hydrogens (tertiary/aromatic N) is 2. The average molecular weight is 355 g/mol. The summed E-state index contributed by atoms with van der Waals surface area (Å²) in [5, 5.41) is 0.471. The van der Waals surface area contributed by atoms with Crippen molar-refractivity contribution in [2.75, 3.05) is 0 Å². The van der Waals surface area contributed by atoms with Crippen molar-refractivity contribution in [3.8, 4) is 22.8 Å². The van der Waals surface area contributed by atoms with Crippen LogP contribution in [0.5, 0.6) is 11.5 Å². The number of fused-ring (bicyclic) bond motifs is 1. The number of hydrogen-bond acceptors (Lipinski definition) is 3.